The SMILES string of the molecule is CCSc1cccc(Oc2ccc(C)cc2)c1C(=N)N. The number of amidine groups is 1. The fraction of sp³-hybridized carbons (Fsp3) is 0.188. The van der Waals surface area contributed by atoms with Crippen LogP contribution in [0.15, 0.2) is 47.4 Å². The quantitative estimate of drug-likeness (QED) is 0.492. The van der Waals surface area contributed by atoms with Crippen LogP contribution in [-0.4, -0.2) is 11.6 Å². The van der Waals surface area contributed by atoms with E-state index >= 15 is 0 Å². The van der Waals surface area contributed by atoms with E-state index in [0.717, 1.165) is 16.4 Å². The molecule has 2 rings (SSSR count). The normalized spacial score (nSPS) is 10.3. The van der Waals surface area contributed by atoms with Gasteiger partial charge in [-0.15, -0.1) is 11.8 Å². The molecule has 104 valence electrons. The summed E-state index contributed by atoms with van der Waals surface area (Å²) in [6, 6.07) is 13.6. The Bertz CT molecular complexity index is 608. The van der Waals surface area contributed by atoms with E-state index in [0.29, 0.717) is 11.3 Å². The second kappa shape index (κ2) is 6.48. The predicted molar refractivity (Wildman–Crippen MR) is 85.1 cm³/mol. The molecule has 2 aromatic rings. The molecular weight excluding hydrogens is 268 g/mol. The predicted octanol–water partition coefficient (Wildman–Crippen LogP) is 4.18. The molecule has 0 saturated heterocycles. The van der Waals surface area contributed by atoms with Crippen LogP contribution in [0.4, 0.5) is 0 Å². The third kappa shape index (κ3) is 3.33. The van der Waals surface area contributed by atoms with Gasteiger partial charge in [-0.2, -0.15) is 0 Å². The highest BCUT2D eigenvalue weighted by molar-refractivity contribution is 7.99. The van der Waals surface area contributed by atoms with Gasteiger partial charge in [-0.25, -0.2) is 0 Å². The van der Waals surface area contributed by atoms with Gasteiger partial charge in [-0.05, 0) is 36.9 Å². The lowest BCUT2D eigenvalue weighted by atomic mass is 10.2. The van der Waals surface area contributed by atoms with E-state index in [9.17, 15) is 0 Å². The molecule has 4 heteroatoms. The first-order chi connectivity index (χ1) is 9.61. The van der Waals surface area contributed by atoms with E-state index in [1.54, 1.807) is 11.8 Å². The molecule has 0 unspecified atom stereocenters. The summed E-state index contributed by atoms with van der Waals surface area (Å²) in [7, 11) is 0. The first-order valence-corrected chi connectivity index (χ1v) is 7.45. The third-order valence-electron chi connectivity index (χ3n) is 2.81. The minimum Gasteiger partial charge on any atom is -0.457 e. The van der Waals surface area contributed by atoms with Crippen molar-refractivity contribution in [3.8, 4) is 11.5 Å². The lowest BCUT2D eigenvalue weighted by Gasteiger charge is -2.14. The van der Waals surface area contributed by atoms with Crippen LogP contribution in [0.5, 0.6) is 11.5 Å². The fourth-order valence-electron chi connectivity index (χ4n) is 1.87. The molecule has 0 bridgehead atoms. The summed E-state index contributed by atoms with van der Waals surface area (Å²) in [5.41, 5.74) is 7.56. The van der Waals surface area contributed by atoms with E-state index in [1.165, 1.54) is 5.56 Å². The molecule has 0 aliphatic heterocycles. The van der Waals surface area contributed by atoms with Crippen molar-refractivity contribution in [3.63, 3.8) is 0 Å². The number of benzene rings is 2. The second-order valence-electron chi connectivity index (χ2n) is 4.39. The topological polar surface area (TPSA) is 59.1 Å². The summed E-state index contributed by atoms with van der Waals surface area (Å²) in [4.78, 5) is 0.976. The van der Waals surface area contributed by atoms with Gasteiger partial charge in [0.2, 0.25) is 0 Å². The standard InChI is InChI=1S/C16H18N2OS/c1-3-20-14-6-4-5-13(15(14)16(17)18)19-12-9-7-11(2)8-10-12/h4-10H,3H2,1-2H3,(H3,17,18). The van der Waals surface area contributed by atoms with Crippen LogP contribution in [0.25, 0.3) is 0 Å². The summed E-state index contributed by atoms with van der Waals surface area (Å²) < 4.78 is 5.88. The smallest absolute Gasteiger partial charge is 0.139 e. The third-order valence-corrected chi connectivity index (χ3v) is 3.75. The summed E-state index contributed by atoms with van der Waals surface area (Å²) in [6.07, 6.45) is 0. The molecular formula is C16H18N2OS. The highest BCUT2D eigenvalue weighted by Crippen LogP contribution is 2.32. The Labute approximate surface area is 123 Å². The van der Waals surface area contributed by atoms with Crippen molar-refractivity contribution in [1.82, 2.24) is 0 Å². The first kappa shape index (κ1) is 14.5. The Morgan fingerprint density at radius 1 is 1.20 bits per heavy atom. The van der Waals surface area contributed by atoms with E-state index in [1.807, 2.05) is 49.4 Å². The largest absolute Gasteiger partial charge is 0.457 e. The zero-order valence-corrected chi connectivity index (χ0v) is 12.5. The highest BCUT2D eigenvalue weighted by Gasteiger charge is 2.13. The van der Waals surface area contributed by atoms with Crippen LogP contribution in [0.3, 0.4) is 0 Å². The van der Waals surface area contributed by atoms with E-state index < -0.39 is 0 Å². The van der Waals surface area contributed by atoms with E-state index in [-0.39, 0.29) is 5.84 Å². The molecule has 0 saturated carbocycles. The van der Waals surface area contributed by atoms with Gasteiger partial charge in [0.1, 0.15) is 17.3 Å². The van der Waals surface area contributed by atoms with Gasteiger partial charge in [0.05, 0.1) is 5.56 Å². The number of thioether (sulfide) groups is 1. The fourth-order valence-corrected chi connectivity index (χ4v) is 2.71. The number of nitrogens with one attached hydrogen (secondary N) is 1. The van der Waals surface area contributed by atoms with Crippen LogP contribution >= 0.6 is 11.8 Å². The van der Waals surface area contributed by atoms with Gasteiger partial charge < -0.3 is 10.5 Å². The number of aryl methyl sites for hydroxylation is 1. The molecule has 0 radical (unpaired) electrons. The Kier molecular flexibility index (Phi) is 4.69. The molecule has 0 spiro atoms. The van der Waals surface area contributed by atoms with E-state index in [4.69, 9.17) is 15.9 Å². The molecule has 3 N–H and O–H groups in total. The summed E-state index contributed by atoms with van der Waals surface area (Å²) in [6.45, 7) is 4.10. The molecule has 0 atom stereocenters. The first-order valence-electron chi connectivity index (χ1n) is 6.46. The van der Waals surface area contributed by atoms with Gasteiger partial charge in [-0.3, -0.25) is 5.41 Å². The molecule has 0 amide bonds. The maximum atomic E-state index is 7.78. The van der Waals surface area contributed by atoms with Crippen molar-refractivity contribution < 1.29 is 4.74 Å². The van der Waals surface area contributed by atoms with Crippen LogP contribution in [-0.2, 0) is 0 Å². The zero-order valence-electron chi connectivity index (χ0n) is 11.6. The van der Waals surface area contributed by atoms with E-state index in [2.05, 4.69) is 6.92 Å². The maximum absolute atomic E-state index is 7.78. The number of hydrogen-bond donors (Lipinski definition) is 2. The van der Waals surface area contributed by atoms with Crippen molar-refractivity contribution in [2.45, 2.75) is 18.7 Å². The second-order valence-corrected chi connectivity index (χ2v) is 5.70. The lowest BCUT2D eigenvalue weighted by molar-refractivity contribution is 0.480. The molecule has 0 fully saturated rings. The van der Waals surface area contributed by atoms with Crippen molar-refractivity contribution in [3.05, 3.63) is 53.6 Å². The van der Waals surface area contributed by atoms with Crippen LogP contribution in [0, 0.1) is 12.3 Å². The Hall–Kier alpha value is -1.94. The number of nitrogen functional groups attached to an aromatic ring is 1. The molecule has 0 aliphatic rings. The molecule has 0 aromatic heterocycles. The average Bonchev–Trinajstić information content (AvgIpc) is 2.41. The Balaban J connectivity index is 2.37. The molecule has 3 nitrogen and oxygen atoms in total. The van der Waals surface area contributed by atoms with Crippen molar-refractivity contribution >= 4 is 17.6 Å². The molecule has 0 aliphatic carbocycles. The molecule has 20 heavy (non-hydrogen) atoms. The minimum atomic E-state index is 0.0312. The monoisotopic (exact) mass is 286 g/mol. The van der Waals surface area contributed by atoms with Crippen LogP contribution in [0.1, 0.15) is 18.1 Å². The number of rotatable bonds is 5. The maximum Gasteiger partial charge on any atom is 0.139 e. The van der Waals surface area contributed by atoms with Gasteiger partial charge in [0, 0.05) is 4.90 Å². The molecule has 2 aromatic carbocycles. The van der Waals surface area contributed by atoms with Gasteiger partial charge in [0.15, 0.2) is 0 Å². The lowest BCUT2D eigenvalue weighted by Crippen LogP contribution is -2.13. The minimum absolute atomic E-state index is 0.0312. The number of nitrogens with two attached hydrogens (primary N) is 1. The van der Waals surface area contributed by atoms with Crippen molar-refractivity contribution in [2.24, 2.45) is 5.73 Å². The number of hydrogen-bond acceptors (Lipinski definition) is 3. The van der Waals surface area contributed by atoms with Gasteiger partial charge in [-0.1, -0.05) is 30.7 Å². The van der Waals surface area contributed by atoms with Crippen molar-refractivity contribution in [2.75, 3.05) is 5.75 Å². The van der Waals surface area contributed by atoms with Crippen LogP contribution in [0.2, 0.25) is 0 Å². The Morgan fingerprint density at radius 3 is 2.50 bits per heavy atom. The summed E-state index contributed by atoms with van der Waals surface area (Å²) >= 11 is 1.66. The summed E-state index contributed by atoms with van der Waals surface area (Å²) in [5, 5.41) is 7.78. The Morgan fingerprint density at radius 2 is 1.90 bits per heavy atom. The summed E-state index contributed by atoms with van der Waals surface area (Å²) in [5.74, 6) is 2.33. The zero-order chi connectivity index (χ0) is 14.5. The highest BCUT2D eigenvalue weighted by atomic mass is 32.2. The van der Waals surface area contributed by atoms with Gasteiger partial charge in [0.25, 0.3) is 0 Å². The van der Waals surface area contributed by atoms with Crippen molar-refractivity contribution in [1.29, 1.82) is 5.41 Å². The molecule has 0 heterocycles. The number of ether oxygens (including phenoxy) is 1. The van der Waals surface area contributed by atoms with Crippen LogP contribution < -0.4 is 10.5 Å². The average molecular weight is 286 g/mol. The van der Waals surface area contributed by atoms with Gasteiger partial charge >= 0.3 is 0 Å².